The number of nitrogens with two attached hydrogens (primary N) is 1. The zero-order chi connectivity index (χ0) is 8.97. The molecule has 1 rings (SSSR count). The fourth-order valence-electron chi connectivity index (χ4n) is 1.55. The van der Waals surface area contributed by atoms with Crippen LogP contribution in [0.15, 0.2) is 12.2 Å². The first-order valence-corrected chi connectivity index (χ1v) is 4.41. The second kappa shape index (κ2) is 4.26. The van der Waals surface area contributed by atoms with Gasteiger partial charge in [0.15, 0.2) is 0 Å². The van der Waals surface area contributed by atoms with Gasteiger partial charge >= 0.3 is 0 Å². The molecule has 0 saturated heterocycles. The Morgan fingerprint density at radius 1 is 1.58 bits per heavy atom. The highest BCUT2D eigenvalue weighted by atomic mass is 16.1. The zero-order valence-corrected chi connectivity index (χ0v) is 7.42. The van der Waals surface area contributed by atoms with Crippen LogP contribution >= 0.6 is 0 Å². The molecule has 68 valence electrons. The Morgan fingerprint density at radius 3 is 2.83 bits per heavy atom. The first-order chi connectivity index (χ1) is 5.72. The highest BCUT2D eigenvalue weighted by molar-refractivity contribution is 5.87. The van der Waals surface area contributed by atoms with E-state index in [-0.39, 0.29) is 11.9 Å². The van der Waals surface area contributed by atoms with Gasteiger partial charge < -0.3 is 11.1 Å². The summed E-state index contributed by atoms with van der Waals surface area (Å²) in [5, 5.41) is 2.90. The Kier molecular flexibility index (Phi) is 3.29. The van der Waals surface area contributed by atoms with Gasteiger partial charge in [-0.3, -0.25) is 4.79 Å². The lowest BCUT2D eigenvalue weighted by Gasteiger charge is -2.09. The van der Waals surface area contributed by atoms with Gasteiger partial charge in [-0.15, -0.1) is 0 Å². The van der Waals surface area contributed by atoms with Gasteiger partial charge in [-0.2, -0.15) is 0 Å². The second-order valence-electron chi connectivity index (χ2n) is 3.28. The van der Waals surface area contributed by atoms with Gasteiger partial charge in [0.2, 0.25) is 5.91 Å². The van der Waals surface area contributed by atoms with E-state index >= 15 is 0 Å². The van der Waals surface area contributed by atoms with E-state index in [1.54, 1.807) is 12.2 Å². The number of rotatable bonds is 2. The molecule has 2 unspecified atom stereocenters. The average Bonchev–Trinajstić information content (AvgIpc) is 2.36. The summed E-state index contributed by atoms with van der Waals surface area (Å²) < 4.78 is 0. The van der Waals surface area contributed by atoms with Gasteiger partial charge in [-0.05, 0) is 32.3 Å². The summed E-state index contributed by atoms with van der Waals surface area (Å²) in [6, 6.07) is 0.574. The van der Waals surface area contributed by atoms with E-state index < -0.39 is 0 Å². The topological polar surface area (TPSA) is 55.1 Å². The molecule has 0 aromatic heterocycles. The minimum Gasteiger partial charge on any atom is -0.350 e. The van der Waals surface area contributed by atoms with Crippen molar-refractivity contribution in [2.75, 3.05) is 0 Å². The third kappa shape index (κ3) is 2.66. The number of amides is 1. The molecule has 3 heteroatoms. The van der Waals surface area contributed by atoms with Crippen LogP contribution in [0.4, 0.5) is 0 Å². The molecule has 0 heterocycles. The van der Waals surface area contributed by atoms with Crippen LogP contribution in [0.25, 0.3) is 0 Å². The molecule has 1 amide bonds. The van der Waals surface area contributed by atoms with Gasteiger partial charge in [-0.25, -0.2) is 0 Å². The van der Waals surface area contributed by atoms with Gasteiger partial charge in [0.05, 0.1) is 0 Å². The standard InChI is InChI=1S/C9H16N2O/c1-2-3-9(12)11-8-5-4-7(10)6-8/h2-3,7-8H,4-6,10H2,1H3,(H,11,12)/b3-2+. The fraction of sp³-hybridized carbons (Fsp3) is 0.667. The van der Waals surface area contributed by atoms with E-state index in [1.165, 1.54) is 0 Å². The first kappa shape index (κ1) is 9.26. The maximum Gasteiger partial charge on any atom is 0.243 e. The Balaban J connectivity index is 2.27. The Hall–Kier alpha value is -0.830. The van der Waals surface area contributed by atoms with E-state index in [0.717, 1.165) is 19.3 Å². The predicted octanol–water partition coefficient (Wildman–Crippen LogP) is 0.558. The van der Waals surface area contributed by atoms with Crippen molar-refractivity contribution < 1.29 is 4.79 Å². The molecule has 0 radical (unpaired) electrons. The van der Waals surface area contributed by atoms with Crippen molar-refractivity contribution in [3.63, 3.8) is 0 Å². The van der Waals surface area contributed by atoms with Crippen molar-refractivity contribution in [3.05, 3.63) is 12.2 Å². The first-order valence-electron chi connectivity index (χ1n) is 4.41. The quantitative estimate of drug-likeness (QED) is 0.592. The number of allylic oxidation sites excluding steroid dienone is 1. The maximum absolute atomic E-state index is 11.1. The van der Waals surface area contributed by atoms with Crippen molar-refractivity contribution in [1.82, 2.24) is 5.32 Å². The monoisotopic (exact) mass is 168 g/mol. The van der Waals surface area contributed by atoms with Crippen molar-refractivity contribution in [2.24, 2.45) is 5.73 Å². The molecule has 0 spiro atoms. The lowest BCUT2D eigenvalue weighted by molar-refractivity contribution is -0.117. The molecular formula is C9H16N2O. The van der Waals surface area contributed by atoms with E-state index in [2.05, 4.69) is 5.32 Å². The van der Waals surface area contributed by atoms with Crippen molar-refractivity contribution >= 4 is 5.91 Å². The SMILES string of the molecule is C/C=C/C(=O)NC1CCC(N)C1. The minimum absolute atomic E-state index is 0.00315. The summed E-state index contributed by atoms with van der Waals surface area (Å²) in [4.78, 5) is 11.1. The fourth-order valence-corrected chi connectivity index (χ4v) is 1.55. The third-order valence-electron chi connectivity index (χ3n) is 2.14. The third-order valence-corrected chi connectivity index (χ3v) is 2.14. The highest BCUT2D eigenvalue weighted by Gasteiger charge is 2.21. The number of carbonyl (C=O) groups excluding carboxylic acids is 1. The second-order valence-corrected chi connectivity index (χ2v) is 3.28. The summed E-state index contributed by atoms with van der Waals surface area (Å²) >= 11 is 0. The largest absolute Gasteiger partial charge is 0.350 e. The van der Waals surface area contributed by atoms with Crippen molar-refractivity contribution in [2.45, 2.75) is 38.3 Å². The molecule has 0 aromatic carbocycles. The number of hydrogen-bond acceptors (Lipinski definition) is 2. The van der Waals surface area contributed by atoms with E-state index in [0.29, 0.717) is 6.04 Å². The summed E-state index contributed by atoms with van der Waals surface area (Å²) in [5.74, 6) is -0.00315. The van der Waals surface area contributed by atoms with E-state index in [9.17, 15) is 4.79 Å². The van der Waals surface area contributed by atoms with Crippen LogP contribution in [0.5, 0.6) is 0 Å². The van der Waals surface area contributed by atoms with Gasteiger partial charge in [0, 0.05) is 12.1 Å². The molecule has 1 saturated carbocycles. The average molecular weight is 168 g/mol. The van der Waals surface area contributed by atoms with Crippen LogP contribution in [0.3, 0.4) is 0 Å². The molecule has 3 nitrogen and oxygen atoms in total. The minimum atomic E-state index is -0.00315. The number of nitrogens with one attached hydrogen (secondary N) is 1. The molecule has 0 aromatic rings. The Labute approximate surface area is 73.0 Å². The summed E-state index contributed by atoms with van der Waals surface area (Å²) in [6.45, 7) is 1.83. The number of hydrogen-bond donors (Lipinski definition) is 2. The summed E-state index contributed by atoms with van der Waals surface area (Å²) in [7, 11) is 0. The van der Waals surface area contributed by atoms with E-state index in [4.69, 9.17) is 5.73 Å². The predicted molar refractivity (Wildman–Crippen MR) is 48.6 cm³/mol. The molecule has 1 fully saturated rings. The Bertz CT molecular complexity index is 189. The summed E-state index contributed by atoms with van der Waals surface area (Å²) in [5.41, 5.74) is 5.71. The molecule has 1 aliphatic carbocycles. The van der Waals surface area contributed by atoms with Gasteiger partial charge in [-0.1, -0.05) is 6.08 Å². The van der Waals surface area contributed by atoms with Gasteiger partial charge in [0.1, 0.15) is 0 Å². The molecule has 0 bridgehead atoms. The van der Waals surface area contributed by atoms with E-state index in [1.807, 2.05) is 6.92 Å². The van der Waals surface area contributed by atoms with Crippen LogP contribution in [0.1, 0.15) is 26.2 Å². The summed E-state index contributed by atoms with van der Waals surface area (Å²) in [6.07, 6.45) is 6.25. The molecule has 12 heavy (non-hydrogen) atoms. The highest BCUT2D eigenvalue weighted by Crippen LogP contribution is 2.16. The van der Waals surface area contributed by atoms with Crippen molar-refractivity contribution in [3.8, 4) is 0 Å². The van der Waals surface area contributed by atoms with Crippen LogP contribution < -0.4 is 11.1 Å². The van der Waals surface area contributed by atoms with Crippen LogP contribution in [0.2, 0.25) is 0 Å². The van der Waals surface area contributed by atoms with Gasteiger partial charge in [0.25, 0.3) is 0 Å². The lowest BCUT2D eigenvalue weighted by atomic mass is 10.2. The lowest BCUT2D eigenvalue weighted by Crippen LogP contribution is -2.32. The van der Waals surface area contributed by atoms with Crippen LogP contribution in [-0.4, -0.2) is 18.0 Å². The maximum atomic E-state index is 11.1. The zero-order valence-electron chi connectivity index (χ0n) is 7.42. The smallest absolute Gasteiger partial charge is 0.243 e. The molecular weight excluding hydrogens is 152 g/mol. The molecule has 2 atom stereocenters. The molecule has 3 N–H and O–H groups in total. The van der Waals surface area contributed by atoms with Crippen molar-refractivity contribution in [1.29, 1.82) is 0 Å². The molecule has 1 aliphatic rings. The Morgan fingerprint density at radius 2 is 2.33 bits per heavy atom. The van der Waals surface area contributed by atoms with Crippen LogP contribution in [0, 0.1) is 0 Å². The van der Waals surface area contributed by atoms with Crippen LogP contribution in [-0.2, 0) is 4.79 Å². The molecule has 0 aliphatic heterocycles. The number of carbonyl (C=O) groups is 1. The normalized spacial score (nSPS) is 29.5.